The molecule has 2 aliphatic carbocycles. The number of hydrogen-bond donors (Lipinski definition) is 1. The zero-order chi connectivity index (χ0) is 12.5. The smallest absolute Gasteiger partial charge is 0.151 e. The highest BCUT2D eigenvalue weighted by molar-refractivity contribution is 7.91. The van der Waals surface area contributed by atoms with Crippen molar-refractivity contribution in [1.29, 1.82) is 0 Å². The van der Waals surface area contributed by atoms with Crippen LogP contribution in [-0.4, -0.2) is 32.5 Å². The van der Waals surface area contributed by atoms with E-state index in [1.807, 2.05) is 0 Å². The minimum absolute atomic E-state index is 0.140. The monoisotopic (exact) mass is 259 g/mol. The average Bonchev–Trinajstić information content (AvgIpc) is 2.82. The predicted molar refractivity (Wildman–Crippen MR) is 70.8 cm³/mol. The molecule has 1 N–H and O–H groups in total. The minimum Gasteiger partial charge on any atom is -0.312 e. The summed E-state index contributed by atoms with van der Waals surface area (Å²) < 4.78 is 23.3. The zero-order valence-electron chi connectivity index (χ0n) is 11.0. The van der Waals surface area contributed by atoms with Gasteiger partial charge in [-0.15, -0.1) is 0 Å². The molecule has 0 saturated heterocycles. The standard InChI is InChI=1S/C13H25NO2S/c1-10-5-3-6-11(10)9-14-12-7-4-8-13(12)17(2,15)16/h10-14H,3-9H2,1-2H3. The average molecular weight is 259 g/mol. The van der Waals surface area contributed by atoms with Crippen molar-refractivity contribution in [3.05, 3.63) is 0 Å². The molecule has 0 amide bonds. The predicted octanol–water partition coefficient (Wildman–Crippen LogP) is 1.98. The lowest BCUT2D eigenvalue weighted by Crippen LogP contribution is -2.42. The molecule has 0 radical (unpaired) electrons. The van der Waals surface area contributed by atoms with E-state index in [0.29, 0.717) is 0 Å². The van der Waals surface area contributed by atoms with Crippen LogP contribution in [0.5, 0.6) is 0 Å². The maximum absolute atomic E-state index is 11.7. The number of sulfone groups is 1. The van der Waals surface area contributed by atoms with Gasteiger partial charge in [0.1, 0.15) is 0 Å². The largest absolute Gasteiger partial charge is 0.312 e. The summed E-state index contributed by atoms with van der Waals surface area (Å²) >= 11 is 0. The molecule has 4 atom stereocenters. The third kappa shape index (κ3) is 3.22. The molecule has 0 aromatic carbocycles. The van der Waals surface area contributed by atoms with Gasteiger partial charge in [0.2, 0.25) is 0 Å². The molecule has 0 aromatic heterocycles. The van der Waals surface area contributed by atoms with Crippen molar-refractivity contribution in [2.75, 3.05) is 12.8 Å². The van der Waals surface area contributed by atoms with E-state index in [1.54, 1.807) is 0 Å². The Kier molecular flexibility index (Phi) is 4.14. The lowest BCUT2D eigenvalue weighted by Gasteiger charge is -2.23. The fraction of sp³-hybridized carbons (Fsp3) is 1.00. The second kappa shape index (κ2) is 5.27. The SMILES string of the molecule is CC1CCCC1CNC1CCCC1S(C)(=O)=O. The molecule has 4 heteroatoms. The Bertz CT molecular complexity index is 352. The van der Waals surface area contributed by atoms with Crippen LogP contribution in [-0.2, 0) is 9.84 Å². The van der Waals surface area contributed by atoms with Gasteiger partial charge in [-0.3, -0.25) is 0 Å². The van der Waals surface area contributed by atoms with Gasteiger partial charge in [0.05, 0.1) is 5.25 Å². The maximum Gasteiger partial charge on any atom is 0.151 e. The molecule has 0 heterocycles. The van der Waals surface area contributed by atoms with Gasteiger partial charge in [0, 0.05) is 12.3 Å². The summed E-state index contributed by atoms with van der Waals surface area (Å²) in [6, 6.07) is 0.206. The summed E-state index contributed by atoms with van der Waals surface area (Å²) in [4.78, 5) is 0. The van der Waals surface area contributed by atoms with Crippen molar-refractivity contribution in [3.8, 4) is 0 Å². The number of hydrogen-bond acceptors (Lipinski definition) is 3. The van der Waals surface area contributed by atoms with Crippen LogP contribution in [0.4, 0.5) is 0 Å². The van der Waals surface area contributed by atoms with Crippen LogP contribution in [0.15, 0.2) is 0 Å². The van der Waals surface area contributed by atoms with Crippen molar-refractivity contribution in [2.24, 2.45) is 11.8 Å². The lowest BCUT2D eigenvalue weighted by atomic mass is 9.98. The van der Waals surface area contributed by atoms with Crippen molar-refractivity contribution >= 4 is 9.84 Å². The molecule has 0 bridgehead atoms. The summed E-state index contributed by atoms with van der Waals surface area (Å²) in [7, 11) is -2.87. The Morgan fingerprint density at radius 2 is 1.82 bits per heavy atom. The van der Waals surface area contributed by atoms with Gasteiger partial charge >= 0.3 is 0 Å². The number of nitrogens with one attached hydrogen (secondary N) is 1. The van der Waals surface area contributed by atoms with Gasteiger partial charge in [-0.05, 0) is 37.6 Å². The highest BCUT2D eigenvalue weighted by Crippen LogP contribution is 2.31. The molecular formula is C13H25NO2S. The van der Waals surface area contributed by atoms with Gasteiger partial charge in [0.15, 0.2) is 9.84 Å². The molecule has 3 nitrogen and oxygen atoms in total. The molecular weight excluding hydrogens is 234 g/mol. The summed E-state index contributed by atoms with van der Waals surface area (Å²) in [5.74, 6) is 1.57. The second-order valence-electron chi connectivity index (χ2n) is 5.98. The van der Waals surface area contributed by atoms with E-state index in [2.05, 4.69) is 12.2 Å². The van der Waals surface area contributed by atoms with Crippen molar-refractivity contribution in [2.45, 2.75) is 56.7 Å². The maximum atomic E-state index is 11.7. The molecule has 0 aliphatic heterocycles. The normalized spacial score (nSPS) is 38.7. The van der Waals surface area contributed by atoms with Gasteiger partial charge < -0.3 is 5.32 Å². The van der Waals surface area contributed by atoms with Crippen molar-refractivity contribution < 1.29 is 8.42 Å². The van der Waals surface area contributed by atoms with Crippen LogP contribution in [0.3, 0.4) is 0 Å². The lowest BCUT2D eigenvalue weighted by molar-refractivity contribution is 0.367. The molecule has 0 aromatic rings. The van der Waals surface area contributed by atoms with Gasteiger partial charge in [-0.25, -0.2) is 8.42 Å². The molecule has 0 spiro atoms. The van der Waals surface area contributed by atoms with E-state index in [4.69, 9.17) is 0 Å². The summed E-state index contributed by atoms with van der Waals surface area (Å²) in [5.41, 5.74) is 0. The van der Waals surface area contributed by atoms with Crippen LogP contribution in [0.25, 0.3) is 0 Å². The van der Waals surface area contributed by atoms with Crippen LogP contribution in [0.1, 0.15) is 45.4 Å². The van der Waals surface area contributed by atoms with Crippen LogP contribution in [0.2, 0.25) is 0 Å². The Balaban J connectivity index is 1.86. The van der Waals surface area contributed by atoms with Crippen molar-refractivity contribution in [1.82, 2.24) is 5.32 Å². The summed E-state index contributed by atoms with van der Waals surface area (Å²) in [5, 5.41) is 3.39. The minimum atomic E-state index is -2.87. The molecule has 17 heavy (non-hydrogen) atoms. The van der Waals surface area contributed by atoms with E-state index < -0.39 is 9.84 Å². The first-order valence-corrected chi connectivity index (χ1v) is 8.86. The Morgan fingerprint density at radius 1 is 1.12 bits per heavy atom. The molecule has 2 rings (SSSR count). The van der Waals surface area contributed by atoms with Crippen LogP contribution in [0, 0.1) is 11.8 Å². The topological polar surface area (TPSA) is 46.2 Å². The Hall–Kier alpha value is -0.0900. The van der Waals surface area contributed by atoms with Crippen molar-refractivity contribution in [3.63, 3.8) is 0 Å². The zero-order valence-corrected chi connectivity index (χ0v) is 11.8. The molecule has 4 unspecified atom stereocenters. The molecule has 2 fully saturated rings. The third-order valence-electron chi connectivity index (χ3n) is 4.68. The molecule has 100 valence electrons. The Labute approximate surface area is 105 Å². The van der Waals surface area contributed by atoms with E-state index >= 15 is 0 Å². The van der Waals surface area contributed by atoms with Gasteiger partial charge in [-0.1, -0.05) is 26.2 Å². The fourth-order valence-electron chi connectivity index (χ4n) is 3.50. The van der Waals surface area contributed by atoms with Gasteiger partial charge in [0.25, 0.3) is 0 Å². The third-order valence-corrected chi connectivity index (χ3v) is 6.35. The van der Waals surface area contributed by atoms with E-state index in [9.17, 15) is 8.42 Å². The highest BCUT2D eigenvalue weighted by Gasteiger charge is 2.35. The second-order valence-corrected chi connectivity index (χ2v) is 8.25. The van der Waals surface area contributed by atoms with Gasteiger partial charge in [-0.2, -0.15) is 0 Å². The molecule has 2 saturated carbocycles. The quantitative estimate of drug-likeness (QED) is 0.839. The van der Waals surface area contributed by atoms with E-state index in [0.717, 1.165) is 37.6 Å². The summed E-state index contributed by atoms with van der Waals surface area (Å²) in [6.07, 6.45) is 8.30. The van der Waals surface area contributed by atoms with E-state index in [1.165, 1.54) is 25.5 Å². The summed E-state index contributed by atoms with van der Waals surface area (Å²) in [6.45, 7) is 3.33. The fourth-order valence-corrected chi connectivity index (χ4v) is 4.92. The highest BCUT2D eigenvalue weighted by atomic mass is 32.2. The van der Waals surface area contributed by atoms with Crippen LogP contribution < -0.4 is 5.32 Å². The first-order chi connectivity index (χ1) is 7.98. The first kappa shape index (κ1) is 13.3. The first-order valence-electron chi connectivity index (χ1n) is 6.90. The number of rotatable bonds is 4. The Morgan fingerprint density at radius 3 is 2.41 bits per heavy atom. The van der Waals surface area contributed by atoms with E-state index in [-0.39, 0.29) is 11.3 Å². The van der Waals surface area contributed by atoms with Crippen LogP contribution >= 0.6 is 0 Å². The molecule has 2 aliphatic rings.